The van der Waals surface area contributed by atoms with Crippen molar-refractivity contribution in [2.45, 2.75) is 12.1 Å². The van der Waals surface area contributed by atoms with Crippen molar-refractivity contribution in [1.82, 2.24) is 5.32 Å². The van der Waals surface area contributed by atoms with Gasteiger partial charge in [-0.1, -0.05) is 30.3 Å². The number of ether oxygens (including phenoxy) is 1. The summed E-state index contributed by atoms with van der Waals surface area (Å²) in [5.41, 5.74) is 1.14. The Hall–Kier alpha value is -1.35. The minimum Gasteiger partial charge on any atom is -0.468 e. The molecule has 3 nitrogen and oxygen atoms in total. The topological polar surface area (TPSA) is 48.2 Å². The lowest BCUT2D eigenvalue weighted by Gasteiger charge is -1.96. The molecule has 1 aromatic rings. The summed E-state index contributed by atoms with van der Waals surface area (Å²) < 4.78 is 4.62. The number of methoxy groups -OCH3 is 1. The number of rotatable bonds is 2. The van der Waals surface area contributed by atoms with Crippen LogP contribution in [0.3, 0.4) is 0 Å². The van der Waals surface area contributed by atoms with Gasteiger partial charge in [0.2, 0.25) is 0 Å². The van der Waals surface area contributed by atoms with E-state index in [4.69, 9.17) is 0 Å². The first-order valence-electron chi connectivity index (χ1n) is 4.22. The van der Waals surface area contributed by atoms with Gasteiger partial charge >= 0.3 is 5.97 Å². The predicted molar refractivity (Wildman–Crippen MR) is 50.2 cm³/mol. The zero-order valence-corrected chi connectivity index (χ0v) is 7.36. The highest BCUT2D eigenvalue weighted by atomic mass is 16.5. The van der Waals surface area contributed by atoms with Gasteiger partial charge < -0.3 is 4.74 Å². The Labute approximate surface area is 78.2 Å². The Bertz CT molecular complexity index is 315. The number of carbonyl (C=O) groups is 1. The van der Waals surface area contributed by atoms with Crippen molar-refractivity contribution in [2.24, 2.45) is 0 Å². The van der Waals surface area contributed by atoms with E-state index in [1.54, 1.807) is 0 Å². The van der Waals surface area contributed by atoms with Crippen LogP contribution in [0, 0.1) is 0 Å². The van der Waals surface area contributed by atoms with E-state index in [2.05, 4.69) is 10.1 Å². The van der Waals surface area contributed by atoms with Crippen molar-refractivity contribution >= 4 is 5.97 Å². The molecule has 1 aliphatic heterocycles. The molecule has 13 heavy (non-hydrogen) atoms. The van der Waals surface area contributed by atoms with Gasteiger partial charge in [0.15, 0.2) is 0 Å². The maximum Gasteiger partial charge on any atom is 0.324 e. The van der Waals surface area contributed by atoms with Crippen LogP contribution in [0.25, 0.3) is 0 Å². The van der Waals surface area contributed by atoms with Crippen LogP contribution in [0.2, 0.25) is 0 Å². The fraction of sp³-hybridized carbons (Fsp3) is 0.300. The molecule has 0 aliphatic carbocycles. The second kappa shape index (κ2) is 3.18. The molecule has 1 aliphatic rings. The monoisotopic (exact) mass is 179 g/mol. The Kier molecular flexibility index (Phi) is 2.02. The molecular formula is C10H13NO2. The number of hydrogen-bond donors (Lipinski definition) is 1. The maximum absolute atomic E-state index is 11.1. The summed E-state index contributed by atoms with van der Waals surface area (Å²) in [4.78, 5) is 11.1. The first kappa shape index (κ1) is 8.26. The van der Waals surface area contributed by atoms with E-state index in [-0.39, 0.29) is 19.5 Å². The molecule has 0 bridgehead atoms. The van der Waals surface area contributed by atoms with E-state index < -0.39 is 0 Å². The highest BCUT2D eigenvalue weighted by Gasteiger charge is 2.44. The lowest BCUT2D eigenvalue weighted by Crippen LogP contribution is -2.11. The number of carbonyl (C=O) groups excluding carboxylic acids is 1. The Morgan fingerprint density at radius 1 is 1.46 bits per heavy atom. The fourth-order valence-electron chi connectivity index (χ4n) is 1.42. The molecule has 2 atom stereocenters. The van der Waals surface area contributed by atoms with Gasteiger partial charge in [0, 0.05) is 1.43 Å². The van der Waals surface area contributed by atoms with Gasteiger partial charge in [0.25, 0.3) is 0 Å². The van der Waals surface area contributed by atoms with Gasteiger partial charge in [0.1, 0.15) is 6.04 Å². The maximum atomic E-state index is 11.1. The van der Waals surface area contributed by atoms with E-state index in [1.807, 2.05) is 30.3 Å². The van der Waals surface area contributed by atoms with Crippen molar-refractivity contribution in [3.05, 3.63) is 35.9 Å². The molecule has 3 heteroatoms. The van der Waals surface area contributed by atoms with Crippen LogP contribution < -0.4 is 5.32 Å². The van der Waals surface area contributed by atoms with Crippen LogP contribution >= 0.6 is 0 Å². The minimum absolute atomic E-state index is 0. The van der Waals surface area contributed by atoms with Crippen molar-refractivity contribution < 1.29 is 11.0 Å². The second-order valence-corrected chi connectivity index (χ2v) is 3.06. The Morgan fingerprint density at radius 3 is 2.77 bits per heavy atom. The zero-order chi connectivity index (χ0) is 9.26. The molecule has 0 spiro atoms. The third kappa shape index (κ3) is 1.55. The molecule has 1 heterocycles. The molecule has 1 fully saturated rings. The molecule has 1 N–H and O–H groups in total. The van der Waals surface area contributed by atoms with Crippen LogP contribution in [0.5, 0.6) is 0 Å². The summed E-state index contributed by atoms with van der Waals surface area (Å²) in [6.45, 7) is 0. The van der Waals surface area contributed by atoms with Gasteiger partial charge in [-0.15, -0.1) is 0 Å². The third-order valence-electron chi connectivity index (χ3n) is 2.20. The molecule has 0 saturated carbocycles. The standard InChI is InChI=1S/C10H11NO2.H2/c1-13-10(12)9-8(11-9)7-5-3-2-4-6-7;/h2-6,8-9,11H,1H3;1H/t8?,9-;/m1./s1. The van der Waals surface area contributed by atoms with Crippen molar-refractivity contribution in [1.29, 1.82) is 0 Å². The highest BCUT2D eigenvalue weighted by molar-refractivity contribution is 5.80. The summed E-state index contributed by atoms with van der Waals surface area (Å²) in [6.07, 6.45) is 0. The van der Waals surface area contributed by atoms with Crippen molar-refractivity contribution in [3.8, 4) is 0 Å². The smallest absolute Gasteiger partial charge is 0.324 e. The van der Waals surface area contributed by atoms with E-state index in [9.17, 15) is 4.79 Å². The molecule has 1 saturated heterocycles. The van der Waals surface area contributed by atoms with Crippen LogP contribution in [-0.4, -0.2) is 19.1 Å². The van der Waals surface area contributed by atoms with Crippen LogP contribution in [0.15, 0.2) is 30.3 Å². The van der Waals surface area contributed by atoms with E-state index in [1.165, 1.54) is 7.11 Å². The van der Waals surface area contributed by atoms with Crippen LogP contribution in [0.4, 0.5) is 0 Å². The lowest BCUT2D eigenvalue weighted by atomic mass is 10.1. The summed E-state index contributed by atoms with van der Waals surface area (Å²) in [5.74, 6) is -0.186. The minimum atomic E-state index is -0.186. The number of hydrogen-bond acceptors (Lipinski definition) is 3. The SMILES string of the molecule is COC(=O)[C@@H]1NC1c1ccccc1.[HH]. The number of esters is 1. The van der Waals surface area contributed by atoms with E-state index >= 15 is 0 Å². The summed E-state index contributed by atoms with van der Waals surface area (Å²) in [7, 11) is 1.41. The number of benzene rings is 1. The van der Waals surface area contributed by atoms with E-state index in [0.717, 1.165) is 5.56 Å². The molecule has 0 radical (unpaired) electrons. The fourth-order valence-corrected chi connectivity index (χ4v) is 1.42. The quantitative estimate of drug-likeness (QED) is 0.546. The summed E-state index contributed by atoms with van der Waals surface area (Å²) in [6, 6.07) is 9.88. The molecule has 2 rings (SSSR count). The average Bonchev–Trinajstić information content (AvgIpc) is 2.98. The van der Waals surface area contributed by atoms with Crippen molar-refractivity contribution in [2.75, 3.05) is 7.11 Å². The molecule has 70 valence electrons. The molecular weight excluding hydrogens is 166 g/mol. The van der Waals surface area contributed by atoms with Gasteiger partial charge in [-0.25, -0.2) is 0 Å². The first-order chi connectivity index (χ1) is 6.33. The van der Waals surface area contributed by atoms with Crippen molar-refractivity contribution in [3.63, 3.8) is 0 Å². The summed E-state index contributed by atoms with van der Waals surface area (Å²) in [5, 5.41) is 3.06. The molecule has 1 unspecified atom stereocenters. The summed E-state index contributed by atoms with van der Waals surface area (Å²) >= 11 is 0. The normalized spacial score (nSPS) is 25.3. The van der Waals surface area contributed by atoms with Gasteiger partial charge in [-0.05, 0) is 5.56 Å². The highest BCUT2D eigenvalue weighted by Crippen LogP contribution is 2.29. The average molecular weight is 179 g/mol. The van der Waals surface area contributed by atoms with Gasteiger partial charge in [-0.2, -0.15) is 0 Å². The zero-order valence-electron chi connectivity index (χ0n) is 7.36. The Balaban J connectivity index is 0.000000980. The van der Waals surface area contributed by atoms with Crippen LogP contribution in [0.1, 0.15) is 13.0 Å². The lowest BCUT2D eigenvalue weighted by molar-refractivity contribution is -0.140. The second-order valence-electron chi connectivity index (χ2n) is 3.06. The largest absolute Gasteiger partial charge is 0.468 e. The van der Waals surface area contributed by atoms with Gasteiger partial charge in [-0.3, -0.25) is 10.1 Å². The third-order valence-corrected chi connectivity index (χ3v) is 2.20. The predicted octanol–water partition coefficient (Wildman–Crippen LogP) is 1.12. The molecule has 1 aromatic carbocycles. The number of nitrogens with one attached hydrogen (secondary N) is 1. The van der Waals surface area contributed by atoms with Gasteiger partial charge in [0.05, 0.1) is 13.2 Å². The van der Waals surface area contributed by atoms with E-state index in [0.29, 0.717) is 0 Å². The van der Waals surface area contributed by atoms with Crippen LogP contribution in [-0.2, 0) is 9.53 Å². The molecule has 0 aromatic heterocycles. The first-order valence-corrected chi connectivity index (χ1v) is 4.22. The molecule has 0 amide bonds. The Morgan fingerprint density at radius 2 is 2.15 bits per heavy atom.